The van der Waals surface area contributed by atoms with Crippen molar-refractivity contribution in [1.82, 2.24) is 4.90 Å². The standard InChI is InChI=1S/C16H23NO3/c1-11-9-13(20-15(11)16(18)19)10-17-8-4-7-14(17)12-5-2-3-6-12/h9,12,14H,2-8,10H2,1H3,(H,18,19). The van der Waals surface area contributed by atoms with Crippen molar-refractivity contribution in [2.45, 2.75) is 58.0 Å². The maximum atomic E-state index is 11.0. The number of aryl methyl sites for hydroxylation is 1. The van der Waals surface area contributed by atoms with E-state index in [1.165, 1.54) is 38.5 Å². The Kier molecular flexibility index (Phi) is 3.83. The van der Waals surface area contributed by atoms with Gasteiger partial charge in [0.15, 0.2) is 0 Å². The second-order valence-corrected chi connectivity index (χ2v) is 6.25. The van der Waals surface area contributed by atoms with Crippen LogP contribution in [0.2, 0.25) is 0 Å². The van der Waals surface area contributed by atoms with Gasteiger partial charge in [0, 0.05) is 11.6 Å². The highest BCUT2D eigenvalue weighted by molar-refractivity contribution is 5.86. The van der Waals surface area contributed by atoms with Crippen LogP contribution in [0.25, 0.3) is 0 Å². The molecule has 1 aromatic rings. The van der Waals surface area contributed by atoms with Crippen molar-refractivity contribution < 1.29 is 14.3 Å². The molecule has 2 heterocycles. The number of carboxylic acid groups (broad SMARTS) is 1. The Morgan fingerprint density at radius 3 is 2.75 bits per heavy atom. The summed E-state index contributed by atoms with van der Waals surface area (Å²) in [6, 6.07) is 2.56. The fourth-order valence-corrected chi connectivity index (χ4v) is 3.96. The van der Waals surface area contributed by atoms with Crippen LogP contribution in [-0.2, 0) is 6.54 Å². The summed E-state index contributed by atoms with van der Waals surface area (Å²) >= 11 is 0. The number of hydrogen-bond donors (Lipinski definition) is 1. The molecule has 1 aliphatic carbocycles. The van der Waals surface area contributed by atoms with Gasteiger partial charge in [-0.2, -0.15) is 0 Å². The minimum atomic E-state index is -0.970. The molecule has 4 nitrogen and oxygen atoms in total. The molecule has 1 saturated heterocycles. The summed E-state index contributed by atoms with van der Waals surface area (Å²) in [7, 11) is 0. The summed E-state index contributed by atoms with van der Waals surface area (Å²) in [5, 5.41) is 9.06. The van der Waals surface area contributed by atoms with E-state index in [-0.39, 0.29) is 5.76 Å². The molecule has 1 aromatic heterocycles. The third-order valence-corrected chi connectivity index (χ3v) is 4.88. The van der Waals surface area contributed by atoms with Crippen molar-refractivity contribution in [3.05, 3.63) is 23.2 Å². The molecule has 2 fully saturated rings. The third-order valence-electron chi connectivity index (χ3n) is 4.88. The van der Waals surface area contributed by atoms with Crippen molar-refractivity contribution >= 4 is 5.97 Å². The van der Waals surface area contributed by atoms with Crippen LogP contribution < -0.4 is 0 Å². The monoisotopic (exact) mass is 277 g/mol. The van der Waals surface area contributed by atoms with E-state index in [1.807, 2.05) is 6.07 Å². The molecule has 1 aliphatic heterocycles. The first-order chi connectivity index (χ1) is 9.65. The summed E-state index contributed by atoms with van der Waals surface area (Å²) in [6.07, 6.45) is 8.01. The normalized spacial score (nSPS) is 24.6. The van der Waals surface area contributed by atoms with Crippen molar-refractivity contribution in [1.29, 1.82) is 0 Å². The van der Waals surface area contributed by atoms with Crippen molar-refractivity contribution in [2.75, 3.05) is 6.54 Å². The first kappa shape index (κ1) is 13.7. The molecular formula is C16H23NO3. The highest BCUT2D eigenvalue weighted by Crippen LogP contribution is 2.36. The van der Waals surface area contributed by atoms with E-state index in [2.05, 4.69) is 4.90 Å². The van der Waals surface area contributed by atoms with Crippen LogP contribution in [0.4, 0.5) is 0 Å². The molecule has 3 rings (SSSR count). The Balaban J connectivity index is 1.70. The number of hydrogen-bond acceptors (Lipinski definition) is 3. The van der Waals surface area contributed by atoms with Gasteiger partial charge in [-0.15, -0.1) is 0 Å². The highest BCUT2D eigenvalue weighted by atomic mass is 16.4. The summed E-state index contributed by atoms with van der Waals surface area (Å²) in [5.74, 6) is 0.761. The molecular weight excluding hydrogens is 254 g/mol. The number of rotatable bonds is 4. The number of aromatic carboxylic acids is 1. The van der Waals surface area contributed by atoms with Crippen LogP contribution in [-0.4, -0.2) is 28.6 Å². The molecule has 1 saturated carbocycles. The van der Waals surface area contributed by atoms with E-state index >= 15 is 0 Å². The lowest BCUT2D eigenvalue weighted by molar-refractivity contribution is 0.0656. The molecule has 0 aromatic carbocycles. The lowest BCUT2D eigenvalue weighted by Crippen LogP contribution is -2.34. The number of nitrogens with zero attached hydrogens (tertiary/aromatic N) is 1. The van der Waals surface area contributed by atoms with Crippen LogP contribution >= 0.6 is 0 Å². The average molecular weight is 277 g/mol. The van der Waals surface area contributed by atoms with Crippen LogP contribution in [0.5, 0.6) is 0 Å². The summed E-state index contributed by atoms with van der Waals surface area (Å²) in [5.41, 5.74) is 0.726. The summed E-state index contributed by atoms with van der Waals surface area (Å²) in [4.78, 5) is 13.5. The number of carboxylic acids is 1. The van der Waals surface area contributed by atoms with Gasteiger partial charge >= 0.3 is 5.97 Å². The molecule has 0 amide bonds. The van der Waals surface area contributed by atoms with Gasteiger partial charge in [-0.1, -0.05) is 12.8 Å². The number of likely N-dealkylation sites (tertiary alicyclic amines) is 1. The highest BCUT2D eigenvalue weighted by Gasteiger charge is 2.33. The van der Waals surface area contributed by atoms with Crippen molar-refractivity contribution in [2.24, 2.45) is 5.92 Å². The van der Waals surface area contributed by atoms with Gasteiger partial charge in [0.05, 0.1) is 6.54 Å². The van der Waals surface area contributed by atoms with E-state index in [0.29, 0.717) is 6.04 Å². The zero-order valence-electron chi connectivity index (χ0n) is 12.1. The van der Waals surface area contributed by atoms with Gasteiger partial charge in [0.2, 0.25) is 5.76 Å². The molecule has 1 N–H and O–H groups in total. The van der Waals surface area contributed by atoms with Crippen LogP contribution in [0.15, 0.2) is 10.5 Å². The average Bonchev–Trinajstić information content (AvgIpc) is 3.09. The summed E-state index contributed by atoms with van der Waals surface area (Å²) in [6.45, 7) is 3.67. The van der Waals surface area contributed by atoms with E-state index in [9.17, 15) is 4.79 Å². The second-order valence-electron chi connectivity index (χ2n) is 6.25. The summed E-state index contributed by atoms with van der Waals surface area (Å²) < 4.78 is 5.51. The lowest BCUT2D eigenvalue weighted by atomic mass is 9.96. The Labute approximate surface area is 119 Å². The largest absolute Gasteiger partial charge is 0.475 e. The van der Waals surface area contributed by atoms with E-state index < -0.39 is 5.97 Å². The van der Waals surface area contributed by atoms with Gasteiger partial charge in [0.25, 0.3) is 0 Å². The van der Waals surface area contributed by atoms with Gasteiger partial charge in [-0.25, -0.2) is 4.79 Å². The maximum Gasteiger partial charge on any atom is 0.372 e. The first-order valence-electron chi connectivity index (χ1n) is 7.72. The Bertz CT molecular complexity index is 488. The van der Waals surface area contributed by atoms with Crippen molar-refractivity contribution in [3.8, 4) is 0 Å². The number of furan rings is 1. The second kappa shape index (κ2) is 5.60. The third kappa shape index (κ3) is 2.62. The van der Waals surface area contributed by atoms with Gasteiger partial charge in [0.1, 0.15) is 5.76 Å². The first-order valence-corrected chi connectivity index (χ1v) is 7.72. The molecule has 0 bridgehead atoms. The quantitative estimate of drug-likeness (QED) is 0.916. The van der Waals surface area contributed by atoms with Crippen LogP contribution in [0, 0.1) is 12.8 Å². The molecule has 2 aliphatic rings. The molecule has 0 radical (unpaired) electrons. The zero-order chi connectivity index (χ0) is 14.1. The zero-order valence-corrected chi connectivity index (χ0v) is 12.1. The fourth-order valence-electron chi connectivity index (χ4n) is 3.96. The topological polar surface area (TPSA) is 53.7 Å². The number of carbonyl (C=O) groups is 1. The SMILES string of the molecule is Cc1cc(CN2CCCC2C2CCCC2)oc1C(=O)O. The smallest absolute Gasteiger partial charge is 0.372 e. The predicted octanol–water partition coefficient (Wildman–Crippen LogP) is 3.44. The Morgan fingerprint density at radius 2 is 2.10 bits per heavy atom. The Hall–Kier alpha value is -1.29. The van der Waals surface area contributed by atoms with Gasteiger partial charge < -0.3 is 9.52 Å². The van der Waals surface area contributed by atoms with E-state index in [4.69, 9.17) is 9.52 Å². The maximum absolute atomic E-state index is 11.0. The van der Waals surface area contributed by atoms with E-state index in [0.717, 1.165) is 30.3 Å². The molecule has 110 valence electrons. The molecule has 1 atom stereocenters. The van der Waals surface area contributed by atoms with Gasteiger partial charge in [-0.05, 0) is 51.1 Å². The minimum absolute atomic E-state index is 0.0941. The molecule has 4 heteroatoms. The van der Waals surface area contributed by atoms with Crippen LogP contribution in [0.1, 0.15) is 60.4 Å². The Morgan fingerprint density at radius 1 is 1.35 bits per heavy atom. The van der Waals surface area contributed by atoms with Crippen LogP contribution in [0.3, 0.4) is 0 Å². The minimum Gasteiger partial charge on any atom is -0.475 e. The van der Waals surface area contributed by atoms with Gasteiger partial charge in [-0.3, -0.25) is 4.90 Å². The molecule has 20 heavy (non-hydrogen) atoms. The fraction of sp³-hybridized carbons (Fsp3) is 0.688. The molecule has 0 spiro atoms. The van der Waals surface area contributed by atoms with Crippen molar-refractivity contribution in [3.63, 3.8) is 0 Å². The van der Waals surface area contributed by atoms with E-state index in [1.54, 1.807) is 6.92 Å². The predicted molar refractivity (Wildman–Crippen MR) is 75.8 cm³/mol. The lowest BCUT2D eigenvalue weighted by Gasteiger charge is -2.28. The molecule has 1 unspecified atom stereocenters.